The highest BCUT2D eigenvalue weighted by Crippen LogP contribution is 2.35. The van der Waals surface area contributed by atoms with Gasteiger partial charge in [-0.05, 0) is 17.7 Å². The summed E-state index contributed by atoms with van der Waals surface area (Å²) in [4.78, 5) is 0. The Morgan fingerprint density at radius 3 is 2.63 bits per heavy atom. The van der Waals surface area contributed by atoms with Gasteiger partial charge in [-0.2, -0.15) is 0 Å². The Labute approximate surface area is 118 Å². The summed E-state index contributed by atoms with van der Waals surface area (Å²) in [5, 5.41) is 11.2. The van der Waals surface area contributed by atoms with Gasteiger partial charge in [-0.1, -0.05) is 36.7 Å². The van der Waals surface area contributed by atoms with Gasteiger partial charge in [0.2, 0.25) is 0 Å². The number of rotatable bonds is 5. The Balaban J connectivity index is 2.35. The predicted octanol–water partition coefficient (Wildman–Crippen LogP) is 3.27. The number of aliphatic hydroxyl groups is 1. The van der Waals surface area contributed by atoms with Crippen LogP contribution in [0.25, 0.3) is 0 Å². The average molecular weight is 280 g/mol. The van der Waals surface area contributed by atoms with Crippen LogP contribution in [0.4, 0.5) is 0 Å². The van der Waals surface area contributed by atoms with Crippen LogP contribution in [0.2, 0.25) is 5.02 Å². The van der Waals surface area contributed by atoms with E-state index in [2.05, 4.69) is 0 Å². The summed E-state index contributed by atoms with van der Waals surface area (Å²) in [5.74, 6) is 0.551. The number of halogens is 1. The third kappa shape index (κ3) is 2.84. The molecule has 19 heavy (non-hydrogen) atoms. The zero-order valence-corrected chi connectivity index (χ0v) is 11.6. The summed E-state index contributed by atoms with van der Waals surface area (Å²) >= 11 is 6.19. The largest absolute Gasteiger partial charge is 0.469 e. The van der Waals surface area contributed by atoms with E-state index in [0.29, 0.717) is 11.6 Å². The fourth-order valence-electron chi connectivity index (χ4n) is 2.32. The van der Waals surface area contributed by atoms with Crippen molar-refractivity contribution in [1.82, 2.24) is 0 Å². The lowest BCUT2D eigenvalue weighted by molar-refractivity contribution is 0.145. The van der Waals surface area contributed by atoms with Crippen LogP contribution in [0.1, 0.15) is 35.8 Å². The second-order valence-electron chi connectivity index (χ2n) is 4.46. The number of furan rings is 1. The van der Waals surface area contributed by atoms with Gasteiger partial charge in [0.25, 0.3) is 0 Å². The molecule has 0 fully saturated rings. The lowest BCUT2D eigenvalue weighted by Gasteiger charge is -2.22. The molecule has 4 heteroatoms. The van der Waals surface area contributed by atoms with E-state index in [0.717, 1.165) is 23.3 Å². The van der Waals surface area contributed by atoms with E-state index in [1.165, 1.54) is 0 Å². The molecule has 3 nitrogen and oxygen atoms in total. The second-order valence-corrected chi connectivity index (χ2v) is 4.87. The number of hydrogen-bond acceptors (Lipinski definition) is 3. The van der Waals surface area contributed by atoms with Crippen molar-refractivity contribution in [3.63, 3.8) is 0 Å². The molecule has 2 rings (SSSR count). The fraction of sp³-hybridized carbons (Fsp3) is 0.333. The molecule has 2 atom stereocenters. The molecule has 0 saturated carbocycles. The van der Waals surface area contributed by atoms with E-state index in [-0.39, 0.29) is 5.92 Å². The third-order valence-corrected chi connectivity index (χ3v) is 3.70. The molecule has 0 aliphatic heterocycles. The zero-order valence-electron chi connectivity index (χ0n) is 10.8. The van der Waals surface area contributed by atoms with Crippen molar-refractivity contribution in [3.8, 4) is 0 Å². The summed E-state index contributed by atoms with van der Waals surface area (Å²) in [6, 6.07) is 9.26. The normalized spacial score (nSPS) is 14.3. The fourth-order valence-corrected chi connectivity index (χ4v) is 2.60. The van der Waals surface area contributed by atoms with E-state index in [9.17, 15) is 5.11 Å². The van der Waals surface area contributed by atoms with Crippen LogP contribution in [0.5, 0.6) is 0 Å². The van der Waals surface area contributed by atoms with E-state index >= 15 is 0 Å². The van der Waals surface area contributed by atoms with Crippen molar-refractivity contribution in [3.05, 3.63) is 58.5 Å². The number of nitrogens with two attached hydrogens (primary N) is 1. The molecule has 1 aromatic carbocycles. The van der Waals surface area contributed by atoms with Gasteiger partial charge in [0.05, 0.1) is 12.4 Å². The van der Waals surface area contributed by atoms with Gasteiger partial charge in [0.15, 0.2) is 0 Å². The molecule has 0 aliphatic rings. The Hall–Kier alpha value is -1.29. The molecule has 0 aliphatic carbocycles. The van der Waals surface area contributed by atoms with Crippen molar-refractivity contribution >= 4 is 11.6 Å². The van der Waals surface area contributed by atoms with Crippen molar-refractivity contribution in [2.45, 2.75) is 25.4 Å². The zero-order chi connectivity index (χ0) is 13.8. The Kier molecular flexibility index (Phi) is 4.64. The third-order valence-electron chi connectivity index (χ3n) is 3.36. The smallest absolute Gasteiger partial charge is 0.109 e. The quantitative estimate of drug-likeness (QED) is 0.883. The lowest BCUT2D eigenvalue weighted by atomic mass is 9.89. The van der Waals surface area contributed by atoms with Crippen LogP contribution < -0.4 is 5.73 Å². The van der Waals surface area contributed by atoms with Crippen molar-refractivity contribution < 1.29 is 9.52 Å². The molecule has 0 amide bonds. The molecule has 1 aromatic heterocycles. The summed E-state index contributed by atoms with van der Waals surface area (Å²) in [5.41, 5.74) is 7.48. The summed E-state index contributed by atoms with van der Waals surface area (Å²) in [6.45, 7) is 2.31. The number of aryl methyl sites for hydroxylation is 1. The van der Waals surface area contributed by atoms with Crippen molar-refractivity contribution in [1.29, 1.82) is 0 Å². The van der Waals surface area contributed by atoms with Crippen LogP contribution in [0, 0.1) is 0 Å². The number of hydrogen-bond donors (Lipinski definition) is 2. The summed E-state index contributed by atoms with van der Waals surface area (Å²) in [6.07, 6.45) is 1.62. The summed E-state index contributed by atoms with van der Waals surface area (Å²) < 4.78 is 5.36. The van der Waals surface area contributed by atoms with E-state index < -0.39 is 6.10 Å². The number of benzene rings is 1. The maximum Gasteiger partial charge on any atom is 0.109 e. The average Bonchev–Trinajstić information content (AvgIpc) is 2.89. The van der Waals surface area contributed by atoms with Crippen LogP contribution in [0.3, 0.4) is 0 Å². The molecule has 0 saturated heterocycles. The molecular formula is C15H18ClNO2. The van der Waals surface area contributed by atoms with Crippen LogP contribution >= 0.6 is 11.6 Å². The van der Waals surface area contributed by atoms with Crippen molar-refractivity contribution in [2.75, 3.05) is 6.54 Å². The van der Waals surface area contributed by atoms with Gasteiger partial charge in [0, 0.05) is 29.5 Å². The maximum atomic E-state index is 10.6. The van der Waals surface area contributed by atoms with E-state index in [1.54, 1.807) is 12.3 Å². The first kappa shape index (κ1) is 14.1. The standard InChI is InChI=1S/C15H18ClNO2/c1-2-14-11(7-8-19-14)15(18)12(9-17)10-5-3-4-6-13(10)16/h3-8,12,15,18H,2,9,17H2,1H3. The molecule has 1 heterocycles. The van der Waals surface area contributed by atoms with Gasteiger partial charge >= 0.3 is 0 Å². The molecule has 102 valence electrons. The lowest BCUT2D eigenvalue weighted by Crippen LogP contribution is -2.21. The second kappa shape index (κ2) is 6.24. The first-order valence-electron chi connectivity index (χ1n) is 6.37. The molecule has 2 aromatic rings. The van der Waals surface area contributed by atoms with Gasteiger partial charge < -0.3 is 15.3 Å². The highest BCUT2D eigenvalue weighted by molar-refractivity contribution is 6.31. The Morgan fingerprint density at radius 2 is 2.00 bits per heavy atom. The van der Waals surface area contributed by atoms with Gasteiger partial charge in [-0.15, -0.1) is 0 Å². The predicted molar refractivity (Wildman–Crippen MR) is 76.3 cm³/mol. The minimum absolute atomic E-state index is 0.239. The molecule has 0 spiro atoms. The van der Waals surface area contributed by atoms with Crippen molar-refractivity contribution in [2.24, 2.45) is 5.73 Å². The van der Waals surface area contributed by atoms with Crippen LogP contribution in [-0.2, 0) is 6.42 Å². The summed E-state index contributed by atoms with van der Waals surface area (Å²) in [7, 11) is 0. The SMILES string of the molecule is CCc1occc1C(O)C(CN)c1ccccc1Cl. The molecule has 0 radical (unpaired) electrons. The Morgan fingerprint density at radius 1 is 1.26 bits per heavy atom. The molecule has 3 N–H and O–H groups in total. The number of aliphatic hydroxyl groups excluding tert-OH is 1. The minimum Gasteiger partial charge on any atom is -0.469 e. The van der Waals surface area contributed by atoms with Gasteiger partial charge in [-0.3, -0.25) is 0 Å². The molecule has 0 bridgehead atoms. The van der Waals surface area contributed by atoms with Crippen LogP contribution in [-0.4, -0.2) is 11.7 Å². The van der Waals surface area contributed by atoms with E-state index in [4.69, 9.17) is 21.8 Å². The van der Waals surface area contributed by atoms with E-state index in [1.807, 2.05) is 31.2 Å². The minimum atomic E-state index is -0.710. The first-order valence-corrected chi connectivity index (χ1v) is 6.75. The monoisotopic (exact) mass is 279 g/mol. The van der Waals surface area contributed by atoms with Crippen LogP contribution in [0.15, 0.2) is 41.0 Å². The highest BCUT2D eigenvalue weighted by Gasteiger charge is 2.26. The maximum absolute atomic E-state index is 10.6. The highest BCUT2D eigenvalue weighted by atomic mass is 35.5. The topological polar surface area (TPSA) is 59.4 Å². The first-order chi connectivity index (χ1) is 9.19. The Bertz CT molecular complexity index is 538. The van der Waals surface area contributed by atoms with Gasteiger partial charge in [0.1, 0.15) is 5.76 Å². The van der Waals surface area contributed by atoms with Gasteiger partial charge in [-0.25, -0.2) is 0 Å². The molecule has 2 unspecified atom stereocenters. The molecular weight excluding hydrogens is 262 g/mol.